The van der Waals surface area contributed by atoms with Gasteiger partial charge in [-0.3, -0.25) is 0 Å². The van der Waals surface area contributed by atoms with Crippen LogP contribution in [0, 0.1) is 0 Å². The van der Waals surface area contributed by atoms with Crippen molar-refractivity contribution in [3.05, 3.63) is 90.1 Å². The Labute approximate surface area is 232 Å². The number of ether oxygens (including phenoxy) is 1. The molecule has 4 N–H and O–H groups in total. The summed E-state index contributed by atoms with van der Waals surface area (Å²) in [7, 11) is 1.99. The molecule has 3 aromatic carbocycles. The van der Waals surface area contributed by atoms with Crippen LogP contribution in [0.3, 0.4) is 0 Å². The molecule has 0 amide bonds. The van der Waals surface area contributed by atoms with Gasteiger partial charge in [-0.1, -0.05) is 24.3 Å². The highest BCUT2D eigenvalue weighted by molar-refractivity contribution is 7.88. The molecule has 0 atom stereocenters. The number of hydrogen-bond acceptors (Lipinski definition) is 9. The van der Waals surface area contributed by atoms with Gasteiger partial charge in [0.15, 0.2) is 0 Å². The van der Waals surface area contributed by atoms with Crippen molar-refractivity contribution in [3.8, 4) is 5.75 Å². The van der Waals surface area contributed by atoms with E-state index in [-0.39, 0.29) is 5.75 Å². The van der Waals surface area contributed by atoms with Gasteiger partial charge in [0.05, 0.1) is 23.9 Å². The molecule has 206 valence electrons. The number of hydrogen-bond donors (Lipinski definition) is 3. The second kappa shape index (κ2) is 11.2. The minimum atomic E-state index is -3.59. The third-order valence-corrected chi connectivity index (χ3v) is 7.16. The SMILES string of the molecule is COc1ccc(CNc2nc3cc(N(C)c4ccnc(Nc5ccc(CS(N)(=O)=O)cc5)n4)ccc3n2C)cc1. The van der Waals surface area contributed by atoms with Crippen LogP contribution in [0.15, 0.2) is 79.0 Å². The van der Waals surface area contributed by atoms with E-state index in [1.807, 2.05) is 72.1 Å². The molecule has 0 aliphatic heterocycles. The van der Waals surface area contributed by atoms with Crippen molar-refractivity contribution in [2.45, 2.75) is 12.3 Å². The molecule has 0 fully saturated rings. The number of fused-ring (bicyclic) bond motifs is 1. The Balaban J connectivity index is 1.29. The van der Waals surface area contributed by atoms with Gasteiger partial charge in [-0.15, -0.1) is 0 Å². The van der Waals surface area contributed by atoms with E-state index in [2.05, 4.69) is 20.6 Å². The molecule has 5 rings (SSSR count). The lowest BCUT2D eigenvalue weighted by Gasteiger charge is -2.19. The number of nitrogens with zero attached hydrogens (tertiary/aromatic N) is 5. The summed E-state index contributed by atoms with van der Waals surface area (Å²) in [6, 6.07) is 22.8. The van der Waals surface area contributed by atoms with Crippen molar-refractivity contribution in [2.75, 3.05) is 29.7 Å². The zero-order valence-electron chi connectivity index (χ0n) is 22.4. The summed E-state index contributed by atoms with van der Waals surface area (Å²) in [5.74, 6) is 2.48. The predicted octanol–water partition coefficient (Wildman–Crippen LogP) is 4.28. The van der Waals surface area contributed by atoms with Gasteiger partial charge in [-0.2, -0.15) is 4.98 Å². The molecular formula is C28H30N8O3S. The lowest BCUT2D eigenvalue weighted by Crippen LogP contribution is -2.14. The fourth-order valence-corrected chi connectivity index (χ4v) is 4.91. The molecule has 11 nitrogen and oxygen atoms in total. The molecule has 0 radical (unpaired) electrons. The van der Waals surface area contributed by atoms with Crippen LogP contribution >= 0.6 is 0 Å². The fourth-order valence-electron chi connectivity index (χ4n) is 4.25. The highest BCUT2D eigenvalue weighted by Gasteiger charge is 2.13. The molecule has 0 spiro atoms. The summed E-state index contributed by atoms with van der Waals surface area (Å²) in [5, 5.41) is 11.7. The molecule has 0 bridgehead atoms. The fraction of sp³-hybridized carbons (Fsp3) is 0.179. The molecular weight excluding hydrogens is 528 g/mol. The van der Waals surface area contributed by atoms with Gasteiger partial charge in [-0.05, 0) is 59.7 Å². The van der Waals surface area contributed by atoms with Gasteiger partial charge < -0.3 is 24.8 Å². The minimum Gasteiger partial charge on any atom is -0.497 e. The Bertz CT molecular complexity index is 1740. The second-order valence-electron chi connectivity index (χ2n) is 9.30. The van der Waals surface area contributed by atoms with Crippen LogP contribution in [-0.2, 0) is 29.4 Å². The molecule has 2 aromatic heterocycles. The lowest BCUT2D eigenvalue weighted by molar-refractivity contribution is 0.414. The third-order valence-electron chi connectivity index (χ3n) is 6.42. The Morgan fingerprint density at radius 1 is 0.975 bits per heavy atom. The maximum Gasteiger partial charge on any atom is 0.229 e. The summed E-state index contributed by atoms with van der Waals surface area (Å²) in [4.78, 5) is 15.7. The molecule has 0 saturated carbocycles. The highest BCUT2D eigenvalue weighted by atomic mass is 32.2. The summed E-state index contributed by atoms with van der Waals surface area (Å²) in [6.07, 6.45) is 1.68. The van der Waals surface area contributed by atoms with Gasteiger partial charge in [0.1, 0.15) is 11.6 Å². The van der Waals surface area contributed by atoms with Crippen LogP contribution in [0.4, 0.5) is 29.1 Å². The van der Waals surface area contributed by atoms with Crippen molar-refractivity contribution >= 4 is 50.1 Å². The van der Waals surface area contributed by atoms with Gasteiger partial charge >= 0.3 is 0 Å². The van der Waals surface area contributed by atoms with Gasteiger partial charge in [0.25, 0.3) is 0 Å². The summed E-state index contributed by atoms with van der Waals surface area (Å²) < 4.78 is 29.9. The molecule has 0 saturated heterocycles. The lowest BCUT2D eigenvalue weighted by atomic mass is 10.2. The number of rotatable bonds is 10. The maximum absolute atomic E-state index is 11.3. The molecule has 0 aliphatic rings. The summed E-state index contributed by atoms with van der Waals surface area (Å²) >= 11 is 0. The number of anilines is 5. The Kier molecular flexibility index (Phi) is 7.54. The Morgan fingerprint density at radius 3 is 2.40 bits per heavy atom. The monoisotopic (exact) mass is 558 g/mol. The summed E-state index contributed by atoms with van der Waals surface area (Å²) in [6.45, 7) is 0.638. The van der Waals surface area contributed by atoms with Gasteiger partial charge in [0, 0.05) is 38.2 Å². The van der Waals surface area contributed by atoms with E-state index in [0.29, 0.717) is 23.9 Å². The molecule has 0 unspecified atom stereocenters. The number of primary sulfonamides is 1. The number of nitrogens with one attached hydrogen (secondary N) is 2. The number of imidazole rings is 1. The average molecular weight is 559 g/mol. The first-order valence-corrected chi connectivity index (χ1v) is 14.2. The van der Waals surface area contributed by atoms with Crippen LogP contribution in [0.5, 0.6) is 5.75 Å². The van der Waals surface area contributed by atoms with E-state index in [1.54, 1.807) is 37.6 Å². The maximum atomic E-state index is 11.3. The Hall–Kier alpha value is -4.68. The molecule has 0 aliphatic carbocycles. The first-order chi connectivity index (χ1) is 19.2. The molecule has 2 heterocycles. The Morgan fingerprint density at radius 2 is 1.70 bits per heavy atom. The van der Waals surface area contributed by atoms with Crippen molar-refractivity contribution < 1.29 is 13.2 Å². The smallest absolute Gasteiger partial charge is 0.229 e. The first kappa shape index (κ1) is 26.9. The van der Waals surface area contributed by atoms with Crippen molar-refractivity contribution in [1.29, 1.82) is 0 Å². The number of sulfonamides is 1. The van der Waals surface area contributed by atoms with Crippen LogP contribution < -0.4 is 25.4 Å². The van der Waals surface area contributed by atoms with Crippen LogP contribution in [0.25, 0.3) is 11.0 Å². The number of methoxy groups -OCH3 is 1. The highest BCUT2D eigenvalue weighted by Crippen LogP contribution is 2.28. The van der Waals surface area contributed by atoms with Crippen LogP contribution in [-0.4, -0.2) is 42.1 Å². The number of aryl methyl sites for hydroxylation is 1. The number of nitrogens with two attached hydrogens (primary N) is 1. The topological polar surface area (TPSA) is 140 Å². The number of benzene rings is 3. The zero-order valence-corrected chi connectivity index (χ0v) is 23.2. The molecule has 5 aromatic rings. The average Bonchev–Trinajstić information content (AvgIpc) is 3.26. The quantitative estimate of drug-likeness (QED) is 0.229. The normalized spacial score (nSPS) is 11.4. The van der Waals surface area contributed by atoms with Crippen LogP contribution in [0.1, 0.15) is 11.1 Å². The molecule has 12 heteroatoms. The van der Waals surface area contributed by atoms with E-state index in [0.717, 1.165) is 39.7 Å². The third kappa shape index (κ3) is 6.30. The van der Waals surface area contributed by atoms with Crippen molar-refractivity contribution in [2.24, 2.45) is 12.2 Å². The zero-order chi connectivity index (χ0) is 28.3. The largest absolute Gasteiger partial charge is 0.497 e. The molecule has 40 heavy (non-hydrogen) atoms. The minimum absolute atomic E-state index is 0.217. The number of aromatic nitrogens is 4. The van der Waals surface area contributed by atoms with E-state index in [1.165, 1.54) is 0 Å². The first-order valence-electron chi connectivity index (χ1n) is 12.4. The van der Waals surface area contributed by atoms with E-state index >= 15 is 0 Å². The van der Waals surface area contributed by atoms with Crippen molar-refractivity contribution in [1.82, 2.24) is 19.5 Å². The van der Waals surface area contributed by atoms with E-state index in [4.69, 9.17) is 14.9 Å². The predicted molar refractivity (Wildman–Crippen MR) is 158 cm³/mol. The van der Waals surface area contributed by atoms with Gasteiger partial charge in [0.2, 0.25) is 21.9 Å². The van der Waals surface area contributed by atoms with Crippen LogP contribution in [0.2, 0.25) is 0 Å². The second-order valence-corrected chi connectivity index (χ2v) is 10.9. The standard InChI is InChI=1S/C28H30N8O3S/c1-35(26-14-15-30-27(34-26)32-21-8-4-20(5-9-21)18-40(29,37)38)22-10-13-25-24(16-22)33-28(36(25)2)31-17-19-6-11-23(39-3)12-7-19/h4-16H,17-18H2,1-3H3,(H,31,33)(H2,29,37,38)(H,30,32,34). The van der Waals surface area contributed by atoms with E-state index in [9.17, 15) is 8.42 Å². The summed E-state index contributed by atoms with van der Waals surface area (Å²) in [5.41, 5.74) is 5.24. The van der Waals surface area contributed by atoms with Crippen molar-refractivity contribution in [3.63, 3.8) is 0 Å². The van der Waals surface area contributed by atoms with Gasteiger partial charge in [-0.25, -0.2) is 23.5 Å². The van der Waals surface area contributed by atoms with E-state index < -0.39 is 10.0 Å².